The van der Waals surface area contributed by atoms with E-state index in [1.54, 1.807) is 38.4 Å². The maximum absolute atomic E-state index is 12.5. The van der Waals surface area contributed by atoms with E-state index in [4.69, 9.17) is 4.74 Å². The summed E-state index contributed by atoms with van der Waals surface area (Å²) in [7, 11) is -2.08. The molecule has 2 aromatic rings. The fourth-order valence-corrected chi connectivity index (χ4v) is 3.68. The Morgan fingerprint density at radius 2 is 1.90 bits per heavy atom. The first-order valence-electron chi connectivity index (χ1n) is 6.44. The molecule has 0 spiro atoms. The highest BCUT2D eigenvalue weighted by Gasteiger charge is 2.21. The highest BCUT2D eigenvalue weighted by Crippen LogP contribution is 2.31. The number of hydrogen-bond donors (Lipinski definition) is 1. The first-order chi connectivity index (χ1) is 9.86. The number of rotatable bonds is 4. The molecule has 0 saturated carbocycles. The predicted molar refractivity (Wildman–Crippen MR) is 82.3 cm³/mol. The lowest BCUT2D eigenvalue weighted by Crippen LogP contribution is -2.15. The number of nitrogens with one attached hydrogen (secondary N) is 1. The van der Waals surface area contributed by atoms with E-state index in [1.165, 1.54) is 6.20 Å². The molecular formula is C15H18N2O3S. The average molecular weight is 306 g/mol. The van der Waals surface area contributed by atoms with Gasteiger partial charge in [0.25, 0.3) is 10.0 Å². The van der Waals surface area contributed by atoms with Gasteiger partial charge in [-0.2, -0.15) is 0 Å². The van der Waals surface area contributed by atoms with E-state index in [2.05, 4.69) is 9.71 Å². The molecule has 1 aromatic carbocycles. The second kappa shape index (κ2) is 5.73. The number of anilines is 1. The monoisotopic (exact) mass is 306 g/mol. The van der Waals surface area contributed by atoms with E-state index >= 15 is 0 Å². The fourth-order valence-electron chi connectivity index (χ4n) is 2.25. The number of pyridine rings is 1. The van der Waals surface area contributed by atoms with Gasteiger partial charge in [0.15, 0.2) is 0 Å². The van der Waals surface area contributed by atoms with Crippen LogP contribution in [0.3, 0.4) is 0 Å². The van der Waals surface area contributed by atoms with Gasteiger partial charge in [-0.25, -0.2) is 8.42 Å². The maximum Gasteiger partial charge on any atom is 0.262 e. The van der Waals surface area contributed by atoms with Crippen LogP contribution in [0, 0.1) is 20.8 Å². The Labute approximate surface area is 125 Å². The van der Waals surface area contributed by atoms with Crippen molar-refractivity contribution in [2.24, 2.45) is 0 Å². The fraction of sp³-hybridized carbons (Fsp3) is 0.267. The second-order valence-corrected chi connectivity index (χ2v) is 6.47. The molecule has 21 heavy (non-hydrogen) atoms. The molecular weight excluding hydrogens is 288 g/mol. The Balaban J connectivity index is 2.51. The van der Waals surface area contributed by atoms with Crippen LogP contribution in [0.1, 0.15) is 16.7 Å². The van der Waals surface area contributed by atoms with E-state index in [0.29, 0.717) is 17.0 Å². The molecule has 0 atom stereocenters. The number of hydrogen-bond acceptors (Lipinski definition) is 4. The van der Waals surface area contributed by atoms with Crippen LogP contribution in [0.25, 0.3) is 0 Å². The molecule has 1 N–H and O–H groups in total. The van der Waals surface area contributed by atoms with Crippen LogP contribution >= 0.6 is 0 Å². The molecule has 0 amide bonds. The van der Waals surface area contributed by atoms with Gasteiger partial charge in [-0.1, -0.05) is 0 Å². The molecule has 1 aromatic heterocycles. The van der Waals surface area contributed by atoms with Crippen LogP contribution in [-0.4, -0.2) is 20.5 Å². The summed E-state index contributed by atoms with van der Waals surface area (Å²) in [4.78, 5) is 4.15. The minimum atomic E-state index is -3.66. The van der Waals surface area contributed by atoms with Gasteiger partial charge in [0.05, 0.1) is 23.9 Å². The van der Waals surface area contributed by atoms with Gasteiger partial charge in [-0.3, -0.25) is 9.71 Å². The largest absolute Gasteiger partial charge is 0.496 e. The SMILES string of the molecule is COc1c(C)cc(S(=O)(=O)Nc2cccnc2)c(C)c1C. The molecule has 6 heteroatoms. The van der Waals surface area contributed by atoms with Crippen molar-refractivity contribution in [2.45, 2.75) is 25.7 Å². The molecule has 0 aliphatic carbocycles. The Hall–Kier alpha value is -2.08. The quantitative estimate of drug-likeness (QED) is 0.943. The van der Waals surface area contributed by atoms with E-state index in [-0.39, 0.29) is 4.90 Å². The topological polar surface area (TPSA) is 68.3 Å². The van der Waals surface area contributed by atoms with Gasteiger partial charge in [0, 0.05) is 6.20 Å². The zero-order valence-corrected chi connectivity index (χ0v) is 13.3. The first-order valence-corrected chi connectivity index (χ1v) is 7.92. The van der Waals surface area contributed by atoms with Crippen LogP contribution in [-0.2, 0) is 10.0 Å². The van der Waals surface area contributed by atoms with Gasteiger partial charge in [-0.05, 0) is 55.7 Å². The number of aryl methyl sites for hydroxylation is 1. The molecule has 2 rings (SSSR count). The molecule has 5 nitrogen and oxygen atoms in total. The third-order valence-corrected chi connectivity index (χ3v) is 4.89. The molecule has 0 saturated heterocycles. The van der Waals surface area contributed by atoms with Crippen LogP contribution in [0.2, 0.25) is 0 Å². The minimum Gasteiger partial charge on any atom is -0.496 e. The van der Waals surface area contributed by atoms with Crippen LogP contribution in [0.4, 0.5) is 5.69 Å². The van der Waals surface area contributed by atoms with Crippen molar-refractivity contribution >= 4 is 15.7 Å². The normalized spacial score (nSPS) is 11.2. The summed E-state index contributed by atoms with van der Waals surface area (Å²) in [5.74, 6) is 0.716. The Morgan fingerprint density at radius 1 is 1.19 bits per heavy atom. The second-order valence-electron chi connectivity index (χ2n) is 4.82. The number of aromatic nitrogens is 1. The standard InChI is InChI=1S/C15H18N2O3S/c1-10-8-14(11(2)12(3)15(10)20-4)21(18,19)17-13-6-5-7-16-9-13/h5-9,17H,1-4H3. The molecule has 112 valence electrons. The molecule has 0 radical (unpaired) electrons. The van der Waals surface area contributed by atoms with Gasteiger partial charge in [-0.15, -0.1) is 0 Å². The average Bonchev–Trinajstić information content (AvgIpc) is 2.44. The van der Waals surface area contributed by atoms with E-state index < -0.39 is 10.0 Å². The number of sulfonamides is 1. The molecule has 0 aliphatic heterocycles. The van der Waals surface area contributed by atoms with Crippen molar-refractivity contribution in [2.75, 3.05) is 11.8 Å². The predicted octanol–water partition coefficient (Wildman–Crippen LogP) is 2.82. The molecule has 0 bridgehead atoms. The number of ether oxygens (including phenoxy) is 1. The lowest BCUT2D eigenvalue weighted by atomic mass is 10.1. The summed E-state index contributed by atoms with van der Waals surface area (Å²) in [6.45, 7) is 5.45. The lowest BCUT2D eigenvalue weighted by Gasteiger charge is -2.16. The summed E-state index contributed by atoms with van der Waals surface area (Å²) in [5, 5.41) is 0. The Kier molecular flexibility index (Phi) is 4.18. The molecule has 1 heterocycles. The van der Waals surface area contributed by atoms with Crippen LogP contribution in [0.15, 0.2) is 35.5 Å². The summed E-state index contributed by atoms with van der Waals surface area (Å²) < 4.78 is 32.9. The van der Waals surface area contributed by atoms with Gasteiger partial charge < -0.3 is 4.74 Å². The van der Waals surface area contributed by atoms with Crippen molar-refractivity contribution in [1.29, 1.82) is 0 Å². The smallest absolute Gasteiger partial charge is 0.262 e. The molecule has 0 fully saturated rings. The summed E-state index contributed by atoms with van der Waals surface area (Å²) in [6, 6.07) is 4.96. The Bertz CT molecular complexity index is 756. The Morgan fingerprint density at radius 3 is 2.48 bits per heavy atom. The van der Waals surface area contributed by atoms with Crippen molar-refractivity contribution in [3.63, 3.8) is 0 Å². The van der Waals surface area contributed by atoms with E-state index in [0.717, 1.165) is 11.1 Å². The zero-order chi connectivity index (χ0) is 15.6. The number of benzene rings is 1. The molecule has 0 aliphatic rings. The van der Waals surface area contributed by atoms with Crippen molar-refractivity contribution < 1.29 is 13.2 Å². The van der Waals surface area contributed by atoms with Gasteiger partial charge in [0.2, 0.25) is 0 Å². The lowest BCUT2D eigenvalue weighted by molar-refractivity contribution is 0.407. The highest BCUT2D eigenvalue weighted by molar-refractivity contribution is 7.92. The third kappa shape index (κ3) is 3.00. The third-order valence-electron chi connectivity index (χ3n) is 3.39. The minimum absolute atomic E-state index is 0.252. The summed E-state index contributed by atoms with van der Waals surface area (Å²) in [6.07, 6.45) is 3.06. The first kappa shape index (κ1) is 15.3. The van der Waals surface area contributed by atoms with Crippen molar-refractivity contribution in [1.82, 2.24) is 4.98 Å². The van der Waals surface area contributed by atoms with Gasteiger partial charge in [0.1, 0.15) is 5.75 Å². The highest BCUT2D eigenvalue weighted by atomic mass is 32.2. The number of nitrogens with zero attached hydrogens (tertiary/aromatic N) is 1. The van der Waals surface area contributed by atoms with Crippen LogP contribution < -0.4 is 9.46 Å². The molecule has 0 unspecified atom stereocenters. The van der Waals surface area contributed by atoms with Crippen molar-refractivity contribution in [3.8, 4) is 5.75 Å². The van der Waals surface area contributed by atoms with Crippen molar-refractivity contribution in [3.05, 3.63) is 47.3 Å². The summed E-state index contributed by atoms with van der Waals surface area (Å²) >= 11 is 0. The van der Waals surface area contributed by atoms with Gasteiger partial charge >= 0.3 is 0 Å². The zero-order valence-electron chi connectivity index (χ0n) is 12.5. The van der Waals surface area contributed by atoms with Crippen LogP contribution in [0.5, 0.6) is 5.75 Å². The maximum atomic E-state index is 12.5. The summed E-state index contributed by atoms with van der Waals surface area (Å²) in [5.41, 5.74) is 2.72. The number of methoxy groups -OCH3 is 1. The van der Waals surface area contributed by atoms with E-state index in [9.17, 15) is 8.42 Å². The van der Waals surface area contributed by atoms with E-state index in [1.807, 2.05) is 13.8 Å².